The highest BCUT2D eigenvalue weighted by molar-refractivity contribution is 6.23. The van der Waals surface area contributed by atoms with Crippen molar-refractivity contribution in [2.75, 3.05) is 6.61 Å². The molecule has 0 saturated heterocycles. The zero-order chi connectivity index (χ0) is 18.1. The lowest BCUT2D eigenvalue weighted by atomic mass is 9.94. The number of nitrogens with zero attached hydrogens (tertiary/aromatic N) is 2. The first kappa shape index (κ1) is 16.8. The lowest BCUT2D eigenvalue weighted by Gasteiger charge is -2.13. The van der Waals surface area contributed by atoms with Crippen LogP contribution in [0, 0.1) is 13.8 Å². The van der Waals surface area contributed by atoms with Crippen LogP contribution in [0.25, 0.3) is 0 Å². The Balaban J connectivity index is 2.03. The van der Waals surface area contributed by atoms with Crippen LogP contribution in [-0.4, -0.2) is 34.3 Å². The molecule has 128 valence electrons. The molecule has 2 amide bonds. The van der Waals surface area contributed by atoms with Crippen molar-refractivity contribution in [2.45, 2.75) is 27.3 Å². The smallest absolute Gasteiger partial charge is 0.338 e. The van der Waals surface area contributed by atoms with E-state index in [1.54, 1.807) is 51.2 Å². The standard InChI is InChI=1S/C19H18N2O4/c1-4-25-19(24)15-11(2)9-14-16(12(15)3)18(23)21(17(14)22)10-13-7-5-6-8-20-13/h5-9H,4,10H2,1-3H3. The maximum absolute atomic E-state index is 12.8. The first-order chi connectivity index (χ1) is 12.0. The maximum Gasteiger partial charge on any atom is 0.338 e. The minimum Gasteiger partial charge on any atom is -0.462 e. The molecule has 0 aliphatic carbocycles. The second-order valence-corrected chi connectivity index (χ2v) is 5.85. The first-order valence-electron chi connectivity index (χ1n) is 8.03. The van der Waals surface area contributed by atoms with Gasteiger partial charge in [-0.3, -0.25) is 19.5 Å². The summed E-state index contributed by atoms with van der Waals surface area (Å²) >= 11 is 0. The van der Waals surface area contributed by atoms with Gasteiger partial charge in [-0.05, 0) is 50.1 Å². The molecular weight excluding hydrogens is 320 g/mol. The summed E-state index contributed by atoms with van der Waals surface area (Å²) in [5.74, 6) is -1.26. The van der Waals surface area contributed by atoms with Crippen LogP contribution in [0.15, 0.2) is 30.5 Å². The minimum atomic E-state index is -0.483. The fourth-order valence-corrected chi connectivity index (χ4v) is 3.12. The van der Waals surface area contributed by atoms with Gasteiger partial charge in [-0.2, -0.15) is 0 Å². The molecule has 2 heterocycles. The summed E-state index contributed by atoms with van der Waals surface area (Å²) in [6.07, 6.45) is 1.61. The molecule has 6 heteroatoms. The second-order valence-electron chi connectivity index (χ2n) is 5.85. The zero-order valence-corrected chi connectivity index (χ0v) is 14.3. The number of aromatic nitrogens is 1. The van der Waals surface area contributed by atoms with Crippen LogP contribution >= 0.6 is 0 Å². The fourth-order valence-electron chi connectivity index (χ4n) is 3.12. The zero-order valence-electron chi connectivity index (χ0n) is 14.3. The van der Waals surface area contributed by atoms with Gasteiger partial charge in [-0.25, -0.2) is 4.79 Å². The van der Waals surface area contributed by atoms with Gasteiger partial charge in [-0.1, -0.05) is 6.07 Å². The number of carbonyl (C=O) groups is 3. The van der Waals surface area contributed by atoms with Gasteiger partial charge in [0, 0.05) is 6.20 Å². The Kier molecular flexibility index (Phi) is 4.35. The molecule has 0 spiro atoms. The Morgan fingerprint density at radius 3 is 2.60 bits per heavy atom. The predicted octanol–water partition coefficient (Wildman–Crippen LogP) is 2.67. The number of rotatable bonds is 4. The Morgan fingerprint density at radius 1 is 1.20 bits per heavy atom. The predicted molar refractivity (Wildman–Crippen MR) is 90.3 cm³/mol. The molecule has 0 saturated carbocycles. The van der Waals surface area contributed by atoms with E-state index in [-0.39, 0.29) is 24.6 Å². The topological polar surface area (TPSA) is 76.6 Å². The maximum atomic E-state index is 12.8. The quantitative estimate of drug-likeness (QED) is 0.633. The molecule has 0 radical (unpaired) electrons. The van der Waals surface area contributed by atoms with Gasteiger partial charge in [-0.15, -0.1) is 0 Å². The summed E-state index contributed by atoms with van der Waals surface area (Å²) in [7, 11) is 0. The molecule has 2 aromatic rings. The van der Waals surface area contributed by atoms with Gasteiger partial charge in [0.05, 0.1) is 35.5 Å². The molecule has 0 fully saturated rings. The van der Waals surface area contributed by atoms with Crippen LogP contribution in [0.5, 0.6) is 0 Å². The Hall–Kier alpha value is -3.02. The van der Waals surface area contributed by atoms with Crippen LogP contribution in [-0.2, 0) is 11.3 Å². The third kappa shape index (κ3) is 2.80. The van der Waals surface area contributed by atoms with Crippen molar-refractivity contribution in [1.82, 2.24) is 9.88 Å². The van der Waals surface area contributed by atoms with E-state index >= 15 is 0 Å². The Morgan fingerprint density at radius 2 is 1.96 bits per heavy atom. The molecule has 0 atom stereocenters. The molecule has 0 bridgehead atoms. The third-order valence-corrected chi connectivity index (χ3v) is 4.23. The van der Waals surface area contributed by atoms with E-state index < -0.39 is 11.9 Å². The highest BCUT2D eigenvalue weighted by Gasteiger charge is 2.39. The lowest BCUT2D eigenvalue weighted by molar-refractivity contribution is 0.0524. The third-order valence-electron chi connectivity index (χ3n) is 4.23. The van der Waals surface area contributed by atoms with Crippen LogP contribution in [0.1, 0.15) is 54.8 Å². The van der Waals surface area contributed by atoms with Crippen molar-refractivity contribution >= 4 is 17.8 Å². The van der Waals surface area contributed by atoms with Crippen LogP contribution in [0.3, 0.4) is 0 Å². The van der Waals surface area contributed by atoms with E-state index in [1.165, 1.54) is 0 Å². The van der Waals surface area contributed by atoms with Crippen molar-refractivity contribution in [3.05, 3.63) is 64.0 Å². The van der Waals surface area contributed by atoms with Gasteiger partial charge in [0.1, 0.15) is 0 Å². The van der Waals surface area contributed by atoms with Gasteiger partial charge in [0.15, 0.2) is 0 Å². The van der Waals surface area contributed by atoms with E-state index in [4.69, 9.17) is 4.74 Å². The molecule has 25 heavy (non-hydrogen) atoms. The number of carbonyl (C=O) groups excluding carboxylic acids is 3. The second kappa shape index (κ2) is 6.47. The lowest BCUT2D eigenvalue weighted by Crippen LogP contribution is -2.29. The number of benzene rings is 1. The number of fused-ring (bicyclic) bond motifs is 1. The summed E-state index contributed by atoms with van der Waals surface area (Å²) in [5.41, 5.74) is 2.67. The molecule has 1 aromatic carbocycles. The number of ether oxygens (including phenoxy) is 1. The summed E-state index contributed by atoms with van der Waals surface area (Å²) in [5, 5.41) is 0. The number of imide groups is 1. The molecule has 1 aromatic heterocycles. The molecule has 6 nitrogen and oxygen atoms in total. The van der Waals surface area contributed by atoms with Crippen molar-refractivity contribution in [2.24, 2.45) is 0 Å². The van der Waals surface area contributed by atoms with E-state index in [1.807, 2.05) is 0 Å². The largest absolute Gasteiger partial charge is 0.462 e. The first-order valence-corrected chi connectivity index (χ1v) is 8.03. The van der Waals surface area contributed by atoms with E-state index in [0.717, 1.165) is 4.90 Å². The van der Waals surface area contributed by atoms with Crippen LogP contribution in [0.4, 0.5) is 0 Å². The summed E-state index contributed by atoms with van der Waals surface area (Å²) in [6.45, 7) is 5.47. The van der Waals surface area contributed by atoms with Gasteiger partial charge >= 0.3 is 5.97 Å². The number of aryl methyl sites for hydroxylation is 1. The molecule has 1 aliphatic heterocycles. The number of hydrogen-bond acceptors (Lipinski definition) is 5. The highest BCUT2D eigenvalue weighted by atomic mass is 16.5. The minimum absolute atomic E-state index is 0.0976. The number of pyridine rings is 1. The fraction of sp³-hybridized carbons (Fsp3) is 0.263. The average molecular weight is 338 g/mol. The van der Waals surface area contributed by atoms with Gasteiger partial charge in [0.2, 0.25) is 0 Å². The Labute approximate surface area is 145 Å². The monoisotopic (exact) mass is 338 g/mol. The number of esters is 1. The highest BCUT2D eigenvalue weighted by Crippen LogP contribution is 2.31. The van der Waals surface area contributed by atoms with E-state index in [2.05, 4.69) is 4.98 Å². The van der Waals surface area contributed by atoms with Gasteiger partial charge in [0.25, 0.3) is 11.8 Å². The van der Waals surface area contributed by atoms with Crippen LogP contribution in [0.2, 0.25) is 0 Å². The number of amides is 2. The van der Waals surface area contributed by atoms with Crippen LogP contribution < -0.4 is 0 Å². The normalized spacial score (nSPS) is 13.2. The molecular formula is C19H18N2O4. The summed E-state index contributed by atoms with van der Waals surface area (Å²) in [6, 6.07) is 6.92. The van der Waals surface area contributed by atoms with Crippen molar-refractivity contribution < 1.29 is 19.1 Å². The van der Waals surface area contributed by atoms with Crippen molar-refractivity contribution in [1.29, 1.82) is 0 Å². The van der Waals surface area contributed by atoms with E-state index in [0.29, 0.717) is 27.9 Å². The van der Waals surface area contributed by atoms with Crippen molar-refractivity contribution in [3.8, 4) is 0 Å². The molecule has 0 unspecified atom stereocenters. The molecule has 3 rings (SSSR count). The summed E-state index contributed by atoms with van der Waals surface area (Å²) < 4.78 is 5.08. The summed E-state index contributed by atoms with van der Waals surface area (Å²) in [4.78, 5) is 43.0. The van der Waals surface area contributed by atoms with Crippen molar-refractivity contribution in [3.63, 3.8) is 0 Å². The molecule has 0 N–H and O–H groups in total. The van der Waals surface area contributed by atoms with E-state index in [9.17, 15) is 14.4 Å². The molecule has 1 aliphatic rings. The SMILES string of the molecule is CCOC(=O)c1c(C)cc2c(c1C)C(=O)N(Cc1ccccn1)C2=O. The van der Waals surface area contributed by atoms with Gasteiger partial charge < -0.3 is 4.74 Å². The average Bonchev–Trinajstić information content (AvgIpc) is 2.81. The Bertz CT molecular complexity index is 875. The number of hydrogen-bond donors (Lipinski definition) is 0.